The fourth-order valence-electron chi connectivity index (χ4n) is 6.90. The lowest BCUT2D eigenvalue weighted by Gasteiger charge is -2.13. The van der Waals surface area contributed by atoms with E-state index in [0.29, 0.717) is 38.6 Å². The monoisotopic (exact) mass is 914 g/mol. The van der Waals surface area contributed by atoms with Crippen LogP contribution in [0, 0.1) is 29.5 Å². The van der Waals surface area contributed by atoms with Gasteiger partial charge in [0.25, 0.3) is 20.0 Å². The highest BCUT2D eigenvalue weighted by Gasteiger charge is 2.22. The van der Waals surface area contributed by atoms with Crippen LogP contribution in [0.1, 0.15) is 43.0 Å². The van der Waals surface area contributed by atoms with Crippen LogP contribution in [0.5, 0.6) is 11.5 Å². The van der Waals surface area contributed by atoms with E-state index in [1.54, 1.807) is 72.8 Å². The number of para-hydroxylation sites is 2. The van der Waals surface area contributed by atoms with Crippen LogP contribution in [-0.2, 0) is 24.8 Å². The van der Waals surface area contributed by atoms with Crippen molar-refractivity contribution >= 4 is 64.9 Å². The molecule has 0 aliphatic rings. The Morgan fingerprint density at radius 2 is 1.18 bits per heavy atom. The van der Waals surface area contributed by atoms with Gasteiger partial charge < -0.3 is 14.2 Å². The maximum Gasteiger partial charge on any atom is 0.349 e. The number of fused-ring (bicyclic) bond motifs is 2. The summed E-state index contributed by atoms with van der Waals surface area (Å²) in [4.78, 5) is 26.3. The van der Waals surface area contributed by atoms with E-state index in [9.17, 15) is 26.4 Å². The zero-order chi connectivity index (χ0) is 46.4. The molecule has 0 aliphatic carbocycles. The minimum atomic E-state index is -4.19. The number of sulfonamides is 2. The number of ether oxygens (including phenoxy) is 3. The van der Waals surface area contributed by atoms with Gasteiger partial charge in [-0.2, -0.15) is 0 Å². The molecule has 0 fully saturated rings. The maximum absolute atomic E-state index is 15.1. The molecule has 14 heteroatoms. The summed E-state index contributed by atoms with van der Waals surface area (Å²) in [5.41, 5.74) is 1.16. The summed E-state index contributed by atoms with van der Waals surface area (Å²) in [5, 5.41) is 2.68. The molecule has 0 heterocycles. The molecule has 0 atom stereocenters. The lowest BCUT2D eigenvalue weighted by Crippen LogP contribution is -2.15. The maximum atomic E-state index is 15.1. The van der Waals surface area contributed by atoms with Crippen molar-refractivity contribution in [3.8, 4) is 35.2 Å². The minimum Gasteiger partial charge on any atom is -0.496 e. The van der Waals surface area contributed by atoms with Gasteiger partial charge in [0.05, 0.1) is 40.8 Å². The van der Waals surface area contributed by atoms with E-state index in [1.165, 1.54) is 87.0 Å². The van der Waals surface area contributed by atoms with E-state index in [2.05, 4.69) is 33.1 Å². The summed E-state index contributed by atoms with van der Waals surface area (Å²) in [7, 11) is -5.41. The summed E-state index contributed by atoms with van der Waals surface area (Å²) in [6.45, 7) is 0. The Morgan fingerprint density at radius 1 is 0.530 bits per heavy atom. The van der Waals surface area contributed by atoms with Gasteiger partial charge >= 0.3 is 11.9 Å². The van der Waals surface area contributed by atoms with E-state index in [4.69, 9.17) is 14.2 Å². The van der Waals surface area contributed by atoms with Crippen molar-refractivity contribution in [2.24, 2.45) is 0 Å². The summed E-state index contributed by atoms with van der Waals surface area (Å²) in [6, 6.07) is 42.8. The van der Waals surface area contributed by atoms with Crippen LogP contribution in [0.4, 0.5) is 15.8 Å². The fourth-order valence-corrected chi connectivity index (χ4v) is 9.32. The van der Waals surface area contributed by atoms with Crippen LogP contribution in [-0.4, -0.2) is 43.0 Å². The summed E-state index contributed by atoms with van der Waals surface area (Å²) in [5.74, 6) is 9.44. The van der Waals surface area contributed by atoms with E-state index >= 15 is 4.39 Å². The highest BCUT2D eigenvalue weighted by Crippen LogP contribution is 2.33. The number of hydrogen-bond acceptors (Lipinski definition) is 9. The van der Waals surface area contributed by atoms with Crippen molar-refractivity contribution in [3.63, 3.8) is 0 Å². The number of benzene rings is 8. The van der Waals surface area contributed by atoms with Crippen LogP contribution in [0.3, 0.4) is 0 Å². The molecule has 2 N–H and O–H groups in total. The first-order valence-corrected chi connectivity index (χ1v) is 22.9. The lowest BCUT2D eigenvalue weighted by molar-refractivity contribution is 0.0395. The molecular formula is C52H35FN2O9S2. The van der Waals surface area contributed by atoms with Gasteiger partial charge in [0.15, 0.2) is 0 Å². The SMILES string of the molecule is COc1cc(C#Cc2ccccc2NS(=O)(=O)c2ccc(OC)c3ccccc23)ccc1C(=O)OC(=O)c1ccc(C#Cc2cccc(F)c2NS(=O)(=O)c2ccc3ccccc3c2)cc1. The van der Waals surface area contributed by atoms with Crippen molar-refractivity contribution in [2.45, 2.75) is 9.79 Å². The van der Waals surface area contributed by atoms with Gasteiger partial charge in [-0.15, -0.1) is 0 Å². The Kier molecular flexibility index (Phi) is 12.5. The number of carbonyl (C=O) groups excluding carboxylic acids is 2. The third-order valence-electron chi connectivity index (χ3n) is 10.2. The van der Waals surface area contributed by atoms with Crippen molar-refractivity contribution in [3.05, 3.63) is 203 Å². The van der Waals surface area contributed by atoms with Crippen LogP contribution in [0.2, 0.25) is 0 Å². The Labute approximate surface area is 379 Å². The predicted octanol–water partition coefficient (Wildman–Crippen LogP) is 9.55. The number of methoxy groups -OCH3 is 2. The van der Waals surface area contributed by atoms with Crippen molar-refractivity contribution in [2.75, 3.05) is 23.7 Å². The number of esters is 2. The van der Waals surface area contributed by atoms with Crippen molar-refractivity contribution < 1.29 is 45.0 Å². The van der Waals surface area contributed by atoms with E-state index in [0.717, 1.165) is 11.5 Å². The molecule has 0 saturated carbocycles. The first-order valence-electron chi connectivity index (χ1n) is 19.9. The van der Waals surface area contributed by atoms with Gasteiger partial charge in [-0.05, 0) is 102 Å². The Morgan fingerprint density at radius 3 is 1.95 bits per heavy atom. The minimum absolute atomic E-state index is 0.0272. The zero-order valence-corrected chi connectivity index (χ0v) is 36.6. The fraction of sp³-hybridized carbons (Fsp3) is 0.0385. The number of carbonyl (C=O) groups is 2. The standard InChI is InChI=1S/C52H35FN2O9S2/c1-62-47-30-31-49(43-15-7-6-14-42(43)47)66(60,61)54-46-17-8-5-11-37(46)23-21-35-22-29-44(48(32-35)63-2)52(57)64-51(56)39-25-19-34(20-26-39)18-24-38-13-9-16-45(53)50(38)55-65(58,59)41-28-27-36-10-3-4-12-40(36)33-41/h3-17,19-20,22,25-33,54-55H,1-2H3. The number of anilines is 2. The molecule has 0 aliphatic heterocycles. The molecule has 66 heavy (non-hydrogen) atoms. The van der Waals surface area contributed by atoms with Gasteiger partial charge in [0, 0.05) is 27.5 Å². The average molecular weight is 915 g/mol. The molecule has 11 nitrogen and oxygen atoms in total. The highest BCUT2D eigenvalue weighted by molar-refractivity contribution is 7.93. The van der Waals surface area contributed by atoms with Crippen LogP contribution >= 0.6 is 0 Å². The Bertz CT molecular complexity index is 3590. The Balaban J connectivity index is 0.938. The van der Waals surface area contributed by atoms with Crippen LogP contribution in [0.15, 0.2) is 174 Å². The second-order valence-electron chi connectivity index (χ2n) is 14.4. The van der Waals surface area contributed by atoms with Gasteiger partial charge in [-0.25, -0.2) is 30.8 Å². The second kappa shape index (κ2) is 18.7. The molecule has 0 saturated heterocycles. The topological polar surface area (TPSA) is 154 Å². The van der Waals surface area contributed by atoms with Gasteiger partial charge in [-0.1, -0.05) is 96.5 Å². The first-order chi connectivity index (χ1) is 31.8. The van der Waals surface area contributed by atoms with Gasteiger partial charge in [0.2, 0.25) is 0 Å². The van der Waals surface area contributed by atoms with Crippen LogP contribution in [0.25, 0.3) is 21.5 Å². The molecule has 0 aromatic heterocycles. The first kappa shape index (κ1) is 44.2. The molecular weight excluding hydrogens is 880 g/mol. The van der Waals surface area contributed by atoms with E-state index in [1.807, 2.05) is 12.1 Å². The number of nitrogens with one attached hydrogen (secondary N) is 2. The number of rotatable bonds is 10. The summed E-state index contributed by atoms with van der Waals surface area (Å²) in [6.07, 6.45) is 0. The van der Waals surface area contributed by atoms with E-state index < -0.39 is 37.8 Å². The third kappa shape index (κ3) is 9.56. The largest absolute Gasteiger partial charge is 0.496 e. The molecule has 326 valence electrons. The van der Waals surface area contributed by atoms with E-state index in [-0.39, 0.29) is 43.6 Å². The number of hydrogen-bond donors (Lipinski definition) is 2. The quantitative estimate of drug-likeness (QED) is 0.0776. The smallest absolute Gasteiger partial charge is 0.349 e. The molecule has 0 amide bonds. The highest BCUT2D eigenvalue weighted by atomic mass is 32.2. The normalized spacial score (nSPS) is 11.1. The summed E-state index contributed by atoms with van der Waals surface area (Å²) >= 11 is 0. The van der Waals surface area contributed by atoms with Crippen LogP contribution < -0.4 is 18.9 Å². The average Bonchev–Trinajstić information content (AvgIpc) is 3.33. The van der Waals surface area contributed by atoms with Crippen molar-refractivity contribution in [1.82, 2.24) is 0 Å². The third-order valence-corrected chi connectivity index (χ3v) is 13.0. The van der Waals surface area contributed by atoms with Gasteiger partial charge in [0.1, 0.15) is 28.6 Å². The lowest BCUT2D eigenvalue weighted by atomic mass is 10.1. The molecule has 8 rings (SSSR count). The molecule has 8 aromatic carbocycles. The second-order valence-corrected chi connectivity index (χ2v) is 17.7. The Hall–Kier alpha value is -8.43. The molecule has 8 aromatic rings. The molecule has 0 unspecified atom stereocenters. The van der Waals surface area contributed by atoms with Crippen molar-refractivity contribution in [1.29, 1.82) is 0 Å². The zero-order valence-electron chi connectivity index (χ0n) is 35.0. The van der Waals surface area contributed by atoms with Gasteiger partial charge in [-0.3, -0.25) is 9.44 Å². The summed E-state index contributed by atoms with van der Waals surface area (Å²) < 4.78 is 90.1. The predicted molar refractivity (Wildman–Crippen MR) is 250 cm³/mol. The molecule has 0 bridgehead atoms. The number of halogens is 1. The molecule has 0 radical (unpaired) electrons. The molecule has 0 spiro atoms.